The van der Waals surface area contributed by atoms with Gasteiger partial charge in [0.1, 0.15) is 17.3 Å². The molecule has 0 radical (unpaired) electrons. The lowest BCUT2D eigenvalue weighted by atomic mass is 10.2. The van der Waals surface area contributed by atoms with Crippen molar-refractivity contribution in [2.24, 2.45) is 0 Å². The molecule has 13 nitrogen and oxygen atoms in total. The summed E-state index contributed by atoms with van der Waals surface area (Å²) in [6, 6.07) is 2.52. The Morgan fingerprint density at radius 2 is 2.09 bits per heavy atom. The average molecular weight is 460 g/mol. The third-order valence-electron chi connectivity index (χ3n) is 4.77. The van der Waals surface area contributed by atoms with E-state index in [0.717, 1.165) is 23.4 Å². The van der Waals surface area contributed by atoms with E-state index in [4.69, 9.17) is 14.7 Å². The first-order valence-electron chi connectivity index (χ1n) is 9.24. The van der Waals surface area contributed by atoms with E-state index >= 15 is 0 Å². The summed E-state index contributed by atoms with van der Waals surface area (Å²) >= 11 is 0. The van der Waals surface area contributed by atoms with Gasteiger partial charge in [-0.2, -0.15) is 15.3 Å². The number of hydrogen-bond acceptors (Lipinski definition) is 10. The van der Waals surface area contributed by atoms with Crippen molar-refractivity contribution in [3.05, 3.63) is 55.2 Å². The maximum atomic E-state index is 14.7. The van der Waals surface area contributed by atoms with Gasteiger partial charge in [-0.05, 0) is 6.07 Å². The number of nitriles is 1. The molecule has 0 saturated carbocycles. The second-order valence-electron chi connectivity index (χ2n) is 6.89. The van der Waals surface area contributed by atoms with Crippen LogP contribution in [0.2, 0.25) is 0 Å². The highest BCUT2D eigenvalue weighted by atomic mass is 19.3. The van der Waals surface area contributed by atoms with Crippen molar-refractivity contribution in [3.63, 3.8) is 0 Å². The molecule has 1 aliphatic rings. The molecule has 1 atom stereocenters. The highest BCUT2D eigenvalue weighted by molar-refractivity contribution is 5.62. The van der Waals surface area contributed by atoms with Crippen LogP contribution in [0.4, 0.5) is 14.5 Å². The molecule has 170 valence electrons. The molecule has 4 heterocycles. The number of H-pyrrole nitrogens is 3. The zero-order chi connectivity index (χ0) is 23.8. The van der Waals surface area contributed by atoms with Crippen LogP contribution in [0.5, 0.6) is 11.9 Å². The van der Waals surface area contributed by atoms with Crippen molar-refractivity contribution < 1.29 is 18.3 Å². The smallest absolute Gasteiger partial charge is 0.325 e. The zero-order valence-electron chi connectivity index (χ0n) is 16.8. The Morgan fingerprint density at radius 1 is 1.30 bits per heavy atom. The van der Waals surface area contributed by atoms with E-state index in [-0.39, 0.29) is 28.4 Å². The monoisotopic (exact) mass is 460 g/mol. The topological polar surface area (TPSA) is 183 Å². The number of anilines is 1. The lowest BCUT2D eigenvalue weighted by Gasteiger charge is -2.17. The molecule has 3 aromatic heterocycles. The van der Waals surface area contributed by atoms with Crippen LogP contribution in [0.25, 0.3) is 11.3 Å². The Hall–Kier alpha value is -4.61. The second kappa shape index (κ2) is 8.15. The summed E-state index contributed by atoms with van der Waals surface area (Å²) in [6.45, 7) is -1.30. The fraction of sp³-hybridized carbons (Fsp3) is 0.278. The van der Waals surface area contributed by atoms with Crippen LogP contribution in [0.15, 0.2) is 32.8 Å². The first kappa shape index (κ1) is 21.6. The highest BCUT2D eigenvalue weighted by Crippen LogP contribution is 2.33. The largest absolute Gasteiger partial charge is 0.480 e. The number of rotatable bonds is 5. The predicted octanol–water partition coefficient (Wildman–Crippen LogP) is -0.613. The van der Waals surface area contributed by atoms with Gasteiger partial charge < -0.3 is 19.4 Å². The number of alkyl halides is 2. The van der Waals surface area contributed by atoms with Crippen molar-refractivity contribution >= 4 is 5.69 Å². The van der Waals surface area contributed by atoms with E-state index < -0.39 is 47.9 Å². The summed E-state index contributed by atoms with van der Waals surface area (Å²) in [5, 5.41) is 14.9. The molecule has 0 aromatic carbocycles. The fourth-order valence-electron chi connectivity index (χ4n) is 3.20. The molecule has 0 spiro atoms. The van der Waals surface area contributed by atoms with E-state index in [1.807, 2.05) is 4.98 Å². The molecule has 15 heteroatoms. The van der Waals surface area contributed by atoms with Crippen LogP contribution in [-0.2, 0) is 0 Å². The first-order chi connectivity index (χ1) is 15.7. The number of methoxy groups -OCH3 is 1. The Kier molecular flexibility index (Phi) is 5.34. The number of aromatic amines is 3. The lowest BCUT2D eigenvalue weighted by molar-refractivity contribution is -0.0626. The summed E-state index contributed by atoms with van der Waals surface area (Å²) in [4.78, 5) is 48.4. The molecule has 1 unspecified atom stereocenters. The Labute approximate surface area is 181 Å². The van der Waals surface area contributed by atoms with Crippen molar-refractivity contribution in [3.8, 4) is 29.2 Å². The van der Waals surface area contributed by atoms with Crippen molar-refractivity contribution in [2.45, 2.75) is 12.0 Å². The molecule has 1 fully saturated rings. The third kappa shape index (κ3) is 4.13. The van der Waals surface area contributed by atoms with Gasteiger partial charge in [0.15, 0.2) is 6.10 Å². The Morgan fingerprint density at radius 3 is 2.79 bits per heavy atom. The quantitative estimate of drug-likeness (QED) is 0.444. The molecular weight excluding hydrogens is 446 g/mol. The van der Waals surface area contributed by atoms with Crippen LogP contribution in [0.1, 0.15) is 5.56 Å². The fourth-order valence-corrected chi connectivity index (χ4v) is 3.20. The number of hydrogen-bond donors (Lipinski definition) is 3. The van der Waals surface area contributed by atoms with Gasteiger partial charge in [0.25, 0.3) is 11.1 Å². The zero-order valence-corrected chi connectivity index (χ0v) is 16.8. The minimum Gasteiger partial charge on any atom is -0.480 e. The van der Waals surface area contributed by atoms with Crippen LogP contribution in [0.3, 0.4) is 0 Å². The highest BCUT2D eigenvalue weighted by Gasteiger charge is 2.51. The molecule has 0 aliphatic carbocycles. The normalized spacial score (nSPS) is 16.9. The van der Waals surface area contributed by atoms with Crippen molar-refractivity contribution in [2.75, 3.05) is 25.1 Å². The molecule has 4 rings (SSSR count). The molecule has 3 N–H and O–H groups in total. The van der Waals surface area contributed by atoms with Gasteiger partial charge in [0, 0.05) is 6.20 Å². The van der Waals surface area contributed by atoms with Crippen LogP contribution in [0, 0.1) is 11.3 Å². The van der Waals surface area contributed by atoms with Crippen LogP contribution >= 0.6 is 0 Å². The number of halogens is 2. The van der Waals surface area contributed by atoms with E-state index in [1.54, 1.807) is 6.07 Å². The number of ether oxygens (including phenoxy) is 2. The summed E-state index contributed by atoms with van der Waals surface area (Å²) in [5.74, 6) is -3.54. The van der Waals surface area contributed by atoms with Gasteiger partial charge in [0.2, 0.25) is 5.88 Å². The molecule has 1 aliphatic heterocycles. The van der Waals surface area contributed by atoms with Crippen molar-refractivity contribution in [1.82, 2.24) is 30.1 Å². The summed E-state index contributed by atoms with van der Waals surface area (Å²) in [7, 11) is 1.25. The Balaban J connectivity index is 1.63. The van der Waals surface area contributed by atoms with Crippen molar-refractivity contribution in [1.29, 1.82) is 5.26 Å². The first-order valence-corrected chi connectivity index (χ1v) is 9.24. The molecule has 3 aromatic rings. The summed E-state index contributed by atoms with van der Waals surface area (Å²) < 4.78 is 39.6. The summed E-state index contributed by atoms with van der Waals surface area (Å²) in [5.41, 5.74) is -2.60. The van der Waals surface area contributed by atoms with Gasteiger partial charge in [-0.25, -0.2) is 23.7 Å². The molecule has 0 bridgehead atoms. The van der Waals surface area contributed by atoms with Crippen LogP contribution in [-0.4, -0.2) is 62.4 Å². The minimum absolute atomic E-state index is 0.00208. The van der Waals surface area contributed by atoms with Gasteiger partial charge >= 0.3 is 17.6 Å². The van der Waals surface area contributed by atoms with Gasteiger partial charge in [-0.1, -0.05) is 0 Å². The maximum absolute atomic E-state index is 14.7. The maximum Gasteiger partial charge on any atom is 0.325 e. The molecular formula is C18H14F2N8O5. The van der Waals surface area contributed by atoms with E-state index in [1.165, 1.54) is 7.11 Å². The number of nitrogens with zero attached hydrogens (tertiary/aromatic N) is 5. The predicted molar refractivity (Wildman–Crippen MR) is 106 cm³/mol. The molecule has 1 saturated heterocycles. The van der Waals surface area contributed by atoms with E-state index in [9.17, 15) is 23.2 Å². The number of nitrogens with one attached hydrogen (secondary N) is 3. The molecule has 0 amide bonds. The van der Waals surface area contributed by atoms with Gasteiger partial charge in [0.05, 0.1) is 37.7 Å². The minimum atomic E-state index is -3.41. The van der Waals surface area contributed by atoms with E-state index in [2.05, 4.69) is 25.1 Å². The number of aromatic nitrogens is 6. The second-order valence-corrected chi connectivity index (χ2v) is 6.89. The standard InChI is InChI=1S/C18H14F2N8O5/c1-32-15-8(3-21)4-23-17(25-15)33-12-6-28(7-18(12,19)20)11-2-10(26-27-14(11)30)9-5-22-16(31)24-13(9)29/h2,4-5,12H,6-7H2,1H3,(H,27,30)(H2,22,24,29,31). The van der Waals surface area contributed by atoms with Gasteiger partial charge in [-0.3, -0.25) is 14.6 Å². The Bertz CT molecular complexity index is 1430. The van der Waals surface area contributed by atoms with Gasteiger partial charge in [-0.15, -0.1) is 0 Å². The average Bonchev–Trinajstić information content (AvgIpc) is 3.08. The molecule has 33 heavy (non-hydrogen) atoms. The van der Waals surface area contributed by atoms with Crippen LogP contribution < -0.4 is 31.2 Å². The SMILES string of the molecule is COc1nc(OC2CN(c3cc(-c4c[nH]c(=O)[nH]c4=O)n[nH]c3=O)CC2(F)F)ncc1C#N. The van der Waals surface area contributed by atoms with E-state index in [0.29, 0.717) is 0 Å². The third-order valence-corrected chi connectivity index (χ3v) is 4.77. The summed E-state index contributed by atoms with van der Waals surface area (Å²) in [6.07, 6.45) is 0.432. The lowest BCUT2D eigenvalue weighted by Crippen LogP contribution is -2.37.